The molecule has 102 valence electrons. The number of rotatable bonds is 3. The van der Waals surface area contributed by atoms with E-state index in [1.807, 2.05) is 0 Å². The summed E-state index contributed by atoms with van der Waals surface area (Å²) < 4.78 is 24.3. The molecule has 3 nitrogen and oxygen atoms in total. The van der Waals surface area contributed by atoms with Crippen molar-refractivity contribution >= 4 is 12.4 Å². The topological polar surface area (TPSA) is 44.5 Å². The van der Waals surface area contributed by atoms with Gasteiger partial charge in [-0.25, -0.2) is 4.39 Å². The minimum atomic E-state index is -0.339. The van der Waals surface area contributed by atoms with E-state index in [1.165, 1.54) is 7.11 Å². The van der Waals surface area contributed by atoms with E-state index in [0.29, 0.717) is 18.8 Å². The third kappa shape index (κ3) is 3.13. The van der Waals surface area contributed by atoms with Crippen molar-refractivity contribution in [3.63, 3.8) is 0 Å². The van der Waals surface area contributed by atoms with Gasteiger partial charge in [-0.05, 0) is 24.8 Å². The van der Waals surface area contributed by atoms with Crippen LogP contribution in [0.15, 0.2) is 18.2 Å². The van der Waals surface area contributed by atoms with Crippen molar-refractivity contribution in [1.82, 2.24) is 0 Å². The fourth-order valence-electron chi connectivity index (χ4n) is 2.27. The first kappa shape index (κ1) is 15.2. The van der Waals surface area contributed by atoms with Crippen molar-refractivity contribution in [3.8, 4) is 5.75 Å². The standard InChI is InChI=1S/C13H18FNO2.ClH/c1-16-11-4-2-3-10(12(11)14)13(15)9-5-7-17-8-6-9;/h2-4,9,13H,5-8,15H2,1H3;1H/t13-;/m0./s1. The molecular weight excluding hydrogens is 257 g/mol. The van der Waals surface area contributed by atoms with E-state index in [9.17, 15) is 4.39 Å². The first-order valence-electron chi connectivity index (χ1n) is 5.89. The summed E-state index contributed by atoms with van der Waals surface area (Å²) in [6.45, 7) is 1.42. The molecule has 0 amide bonds. The lowest BCUT2D eigenvalue weighted by Crippen LogP contribution is -2.28. The second-order valence-electron chi connectivity index (χ2n) is 4.34. The minimum Gasteiger partial charge on any atom is -0.494 e. The van der Waals surface area contributed by atoms with Crippen molar-refractivity contribution in [2.75, 3.05) is 20.3 Å². The van der Waals surface area contributed by atoms with E-state index in [1.54, 1.807) is 18.2 Å². The highest BCUT2D eigenvalue weighted by Crippen LogP contribution is 2.32. The molecule has 1 atom stereocenters. The lowest BCUT2D eigenvalue weighted by molar-refractivity contribution is 0.0579. The van der Waals surface area contributed by atoms with Crippen LogP contribution >= 0.6 is 12.4 Å². The summed E-state index contributed by atoms with van der Waals surface area (Å²) in [5, 5.41) is 0. The first-order chi connectivity index (χ1) is 8.24. The second kappa shape index (κ2) is 6.92. The zero-order chi connectivity index (χ0) is 12.3. The van der Waals surface area contributed by atoms with Crippen LogP contribution in [0.3, 0.4) is 0 Å². The van der Waals surface area contributed by atoms with E-state index < -0.39 is 0 Å². The SMILES string of the molecule is COc1cccc([C@@H](N)C2CCOCC2)c1F.Cl. The molecule has 0 aliphatic carbocycles. The Bertz CT molecular complexity index is 383. The van der Waals surface area contributed by atoms with Gasteiger partial charge < -0.3 is 15.2 Å². The van der Waals surface area contributed by atoms with Gasteiger partial charge >= 0.3 is 0 Å². The van der Waals surface area contributed by atoms with Gasteiger partial charge in [-0.1, -0.05) is 12.1 Å². The van der Waals surface area contributed by atoms with E-state index in [4.69, 9.17) is 15.2 Å². The lowest BCUT2D eigenvalue weighted by atomic mass is 9.87. The molecule has 0 spiro atoms. The molecule has 5 heteroatoms. The molecule has 2 N–H and O–H groups in total. The van der Waals surface area contributed by atoms with Crippen LogP contribution in [0.1, 0.15) is 24.4 Å². The smallest absolute Gasteiger partial charge is 0.169 e. The number of hydrogen-bond acceptors (Lipinski definition) is 3. The molecule has 0 saturated carbocycles. The third-order valence-electron chi connectivity index (χ3n) is 3.35. The van der Waals surface area contributed by atoms with Crippen LogP contribution in [0.4, 0.5) is 4.39 Å². The zero-order valence-corrected chi connectivity index (χ0v) is 11.2. The lowest BCUT2D eigenvalue weighted by Gasteiger charge is -2.28. The van der Waals surface area contributed by atoms with Crippen molar-refractivity contribution in [2.45, 2.75) is 18.9 Å². The summed E-state index contributed by atoms with van der Waals surface area (Å²) in [5.74, 6) is 0.198. The quantitative estimate of drug-likeness (QED) is 0.922. The van der Waals surface area contributed by atoms with E-state index in [-0.39, 0.29) is 35.9 Å². The van der Waals surface area contributed by atoms with Gasteiger partial charge in [-0.2, -0.15) is 0 Å². The third-order valence-corrected chi connectivity index (χ3v) is 3.35. The maximum atomic E-state index is 14.0. The van der Waals surface area contributed by atoms with Crippen molar-refractivity contribution < 1.29 is 13.9 Å². The van der Waals surface area contributed by atoms with Crippen LogP contribution in [0.25, 0.3) is 0 Å². The van der Waals surface area contributed by atoms with Crippen LogP contribution in [0.5, 0.6) is 5.75 Å². The van der Waals surface area contributed by atoms with Gasteiger partial charge in [0, 0.05) is 24.8 Å². The van der Waals surface area contributed by atoms with Gasteiger partial charge in [0.2, 0.25) is 0 Å². The molecule has 0 unspecified atom stereocenters. The predicted octanol–water partition coefficient (Wildman–Crippen LogP) is 2.68. The molecule has 2 rings (SSSR count). The zero-order valence-electron chi connectivity index (χ0n) is 10.4. The average Bonchev–Trinajstić information content (AvgIpc) is 2.39. The number of methoxy groups -OCH3 is 1. The molecule has 1 fully saturated rings. The summed E-state index contributed by atoms with van der Waals surface area (Å²) in [4.78, 5) is 0. The highest BCUT2D eigenvalue weighted by atomic mass is 35.5. The fraction of sp³-hybridized carbons (Fsp3) is 0.538. The van der Waals surface area contributed by atoms with Crippen LogP contribution < -0.4 is 10.5 Å². The Morgan fingerprint density at radius 1 is 1.39 bits per heavy atom. The van der Waals surface area contributed by atoms with E-state index in [2.05, 4.69) is 0 Å². The maximum absolute atomic E-state index is 14.0. The molecule has 1 aromatic carbocycles. The monoisotopic (exact) mass is 275 g/mol. The number of nitrogens with two attached hydrogens (primary N) is 1. The van der Waals surface area contributed by atoms with E-state index in [0.717, 1.165) is 12.8 Å². The molecule has 1 aliphatic heterocycles. The molecule has 0 aromatic heterocycles. The van der Waals surface area contributed by atoms with Gasteiger partial charge in [0.1, 0.15) is 0 Å². The Hall–Kier alpha value is -0.840. The number of benzene rings is 1. The van der Waals surface area contributed by atoms with E-state index >= 15 is 0 Å². The van der Waals surface area contributed by atoms with Crippen LogP contribution in [-0.2, 0) is 4.74 Å². The largest absolute Gasteiger partial charge is 0.494 e. The highest BCUT2D eigenvalue weighted by Gasteiger charge is 2.25. The maximum Gasteiger partial charge on any atom is 0.169 e. The number of ether oxygens (including phenoxy) is 2. The molecule has 18 heavy (non-hydrogen) atoms. The van der Waals surface area contributed by atoms with Crippen molar-refractivity contribution in [3.05, 3.63) is 29.6 Å². The first-order valence-corrected chi connectivity index (χ1v) is 5.89. The van der Waals surface area contributed by atoms with Crippen LogP contribution in [-0.4, -0.2) is 20.3 Å². The summed E-state index contributed by atoms with van der Waals surface area (Å²) >= 11 is 0. The summed E-state index contributed by atoms with van der Waals surface area (Å²) in [6.07, 6.45) is 1.77. The summed E-state index contributed by atoms with van der Waals surface area (Å²) in [7, 11) is 1.46. The molecule has 0 radical (unpaired) electrons. The highest BCUT2D eigenvalue weighted by molar-refractivity contribution is 5.85. The number of halogens is 2. The molecule has 1 aromatic rings. The Kier molecular flexibility index (Phi) is 5.85. The van der Waals surface area contributed by atoms with Gasteiger partial charge in [-0.3, -0.25) is 0 Å². The van der Waals surface area contributed by atoms with Gasteiger partial charge in [0.15, 0.2) is 11.6 Å². The summed E-state index contributed by atoms with van der Waals surface area (Å²) in [5.41, 5.74) is 6.68. The molecular formula is C13H19ClFNO2. The molecule has 1 saturated heterocycles. The number of hydrogen-bond donors (Lipinski definition) is 1. The Labute approximate surface area is 113 Å². The predicted molar refractivity (Wildman–Crippen MR) is 70.7 cm³/mol. The Balaban J connectivity index is 0.00000162. The Morgan fingerprint density at radius 3 is 2.67 bits per heavy atom. The van der Waals surface area contributed by atoms with Gasteiger partial charge in [-0.15, -0.1) is 12.4 Å². The minimum absolute atomic E-state index is 0. The molecule has 1 heterocycles. The van der Waals surface area contributed by atoms with Gasteiger partial charge in [0.25, 0.3) is 0 Å². The normalized spacial score (nSPS) is 17.9. The van der Waals surface area contributed by atoms with Crippen LogP contribution in [0, 0.1) is 11.7 Å². The van der Waals surface area contributed by atoms with Crippen molar-refractivity contribution in [1.29, 1.82) is 0 Å². The fourth-order valence-corrected chi connectivity index (χ4v) is 2.27. The average molecular weight is 276 g/mol. The molecule has 0 bridgehead atoms. The van der Waals surface area contributed by atoms with Gasteiger partial charge in [0.05, 0.1) is 7.11 Å². The summed E-state index contributed by atoms with van der Waals surface area (Å²) in [6, 6.07) is 4.83. The van der Waals surface area contributed by atoms with Crippen LogP contribution in [0.2, 0.25) is 0 Å². The second-order valence-corrected chi connectivity index (χ2v) is 4.34. The Morgan fingerprint density at radius 2 is 2.06 bits per heavy atom. The molecule has 1 aliphatic rings. The van der Waals surface area contributed by atoms with Crippen molar-refractivity contribution in [2.24, 2.45) is 11.7 Å².